The maximum atomic E-state index is 11.7. The molecule has 2 rings (SSSR count). The summed E-state index contributed by atoms with van der Waals surface area (Å²) >= 11 is 1.39. The van der Waals surface area contributed by atoms with E-state index in [0.29, 0.717) is 11.8 Å². The second kappa shape index (κ2) is 7.33. The van der Waals surface area contributed by atoms with Crippen LogP contribution in [0.15, 0.2) is 23.4 Å². The lowest BCUT2D eigenvalue weighted by Crippen LogP contribution is -2.37. The molecular weight excluding hydrogens is 288 g/mol. The molecule has 21 heavy (non-hydrogen) atoms. The Balaban J connectivity index is 2.19. The van der Waals surface area contributed by atoms with Gasteiger partial charge in [-0.25, -0.2) is 10.8 Å². The van der Waals surface area contributed by atoms with Gasteiger partial charge in [0.1, 0.15) is 5.75 Å². The molecule has 0 aliphatic rings. The largest absolute Gasteiger partial charge is 0.494 e. The highest BCUT2D eigenvalue weighted by Gasteiger charge is 2.19. The minimum atomic E-state index is -0.244. The van der Waals surface area contributed by atoms with Gasteiger partial charge in [0.2, 0.25) is 5.91 Å². The van der Waals surface area contributed by atoms with Gasteiger partial charge in [-0.2, -0.15) is 0 Å². The first-order chi connectivity index (χ1) is 10.2. The van der Waals surface area contributed by atoms with Gasteiger partial charge in [-0.05, 0) is 25.5 Å². The predicted octanol–water partition coefficient (Wildman–Crippen LogP) is 2.21. The molecule has 0 fully saturated rings. The van der Waals surface area contributed by atoms with E-state index in [1.165, 1.54) is 11.8 Å². The number of aromatic amines is 1. The molecule has 1 aromatic carbocycles. The van der Waals surface area contributed by atoms with E-state index in [4.69, 9.17) is 10.6 Å². The molecule has 0 aliphatic carbocycles. The van der Waals surface area contributed by atoms with E-state index in [1.54, 1.807) is 0 Å². The van der Waals surface area contributed by atoms with Gasteiger partial charge in [0.15, 0.2) is 5.16 Å². The molecule has 0 radical (unpaired) electrons. The van der Waals surface area contributed by atoms with Crippen LogP contribution >= 0.6 is 11.8 Å². The topological polar surface area (TPSA) is 93.0 Å². The molecule has 1 heterocycles. The Labute approximate surface area is 127 Å². The molecule has 114 valence electrons. The Morgan fingerprint density at radius 3 is 3.00 bits per heavy atom. The Bertz CT molecular complexity index is 614. The molecule has 4 N–H and O–H groups in total. The van der Waals surface area contributed by atoms with E-state index < -0.39 is 0 Å². The number of benzene rings is 1. The van der Waals surface area contributed by atoms with Gasteiger partial charge in [0, 0.05) is 6.07 Å². The average molecular weight is 308 g/mol. The maximum absolute atomic E-state index is 11.7. The van der Waals surface area contributed by atoms with Gasteiger partial charge in [0.25, 0.3) is 0 Å². The molecule has 0 spiro atoms. The van der Waals surface area contributed by atoms with Crippen LogP contribution in [0.4, 0.5) is 0 Å². The number of nitrogens with two attached hydrogens (primary N) is 1. The number of nitrogens with zero attached hydrogens (tertiary/aromatic N) is 1. The minimum absolute atomic E-state index is 0.183. The number of ether oxygens (including phenoxy) is 1. The third kappa shape index (κ3) is 3.89. The lowest BCUT2D eigenvalue weighted by atomic mass is 10.2. The van der Waals surface area contributed by atoms with Crippen molar-refractivity contribution in [3.05, 3.63) is 18.2 Å². The van der Waals surface area contributed by atoms with Crippen LogP contribution in [0.1, 0.15) is 26.7 Å². The number of thioether (sulfide) groups is 1. The molecule has 1 unspecified atom stereocenters. The van der Waals surface area contributed by atoms with Crippen molar-refractivity contribution in [3.63, 3.8) is 0 Å². The number of nitrogens with one attached hydrogen (secondary N) is 2. The smallest absolute Gasteiger partial charge is 0.247 e. The second-order valence-electron chi connectivity index (χ2n) is 4.56. The summed E-state index contributed by atoms with van der Waals surface area (Å²) < 4.78 is 5.46. The van der Waals surface area contributed by atoms with Crippen LogP contribution in [-0.4, -0.2) is 27.7 Å². The van der Waals surface area contributed by atoms with Crippen LogP contribution in [0.5, 0.6) is 5.75 Å². The van der Waals surface area contributed by atoms with Crippen molar-refractivity contribution in [1.29, 1.82) is 0 Å². The lowest BCUT2D eigenvalue weighted by molar-refractivity contribution is -0.120. The standard InChI is InChI=1S/C14H20N4O2S/c1-3-5-12(13(19)18-15)21-14-16-10-7-6-9(20-4-2)8-11(10)17-14/h6-8,12H,3-5,15H2,1-2H3,(H,16,17)(H,18,19). The average Bonchev–Trinajstić information content (AvgIpc) is 2.88. The van der Waals surface area contributed by atoms with Crippen LogP contribution in [0.2, 0.25) is 0 Å². The number of amides is 1. The molecule has 0 saturated heterocycles. The molecule has 0 saturated carbocycles. The number of rotatable bonds is 7. The second-order valence-corrected chi connectivity index (χ2v) is 5.75. The van der Waals surface area contributed by atoms with Crippen molar-refractivity contribution in [1.82, 2.24) is 15.4 Å². The summed E-state index contributed by atoms with van der Waals surface area (Å²) in [5.41, 5.74) is 3.95. The SMILES string of the molecule is CCCC(Sc1nc2ccc(OCC)cc2[nH]1)C(=O)NN. The molecule has 7 heteroatoms. The molecule has 1 amide bonds. The van der Waals surface area contributed by atoms with Crippen LogP contribution in [0.3, 0.4) is 0 Å². The molecule has 1 atom stereocenters. The first kappa shape index (κ1) is 15.7. The maximum Gasteiger partial charge on any atom is 0.247 e. The third-order valence-electron chi connectivity index (χ3n) is 2.98. The summed E-state index contributed by atoms with van der Waals surface area (Å²) in [6.45, 7) is 4.60. The summed E-state index contributed by atoms with van der Waals surface area (Å²) in [6, 6.07) is 5.70. The summed E-state index contributed by atoms with van der Waals surface area (Å²) in [5.74, 6) is 5.84. The fraction of sp³-hybridized carbons (Fsp3) is 0.429. The van der Waals surface area contributed by atoms with E-state index in [2.05, 4.69) is 15.4 Å². The van der Waals surface area contributed by atoms with Crippen LogP contribution in [-0.2, 0) is 4.79 Å². The van der Waals surface area contributed by atoms with E-state index in [-0.39, 0.29) is 11.2 Å². The number of hydrazine groups is 1. The number of carbonyl (C=O) groups excluding carboxylic acids is 1. The number of aromatic nitrogens is 2. The number of carbonyl (C=O) groups is 1. The summed E-state index contributed by atoms with van der Waals surface area (Å²) in [6.07, 6.45) is 1.65. The van der Waals surface area contributed by atoms with Gasteiger partial charge in [-0.15, -0.1) is 0 Å². The number of H-pyrrole nitrogens is 1. The zero-order valence-corrected chi connectivity index (χ0v) is 13.0. The van der Waals surface area contributed by atoms with Crippen LogP contribution in [0.25, 0.3) is 11.0 Å². The number of fused-ring (bicyclic) bond motifs is 1. The van der Waals surface area contributed by atoms with Gasteiger partial charge >= 0.3 is 0 Å². The van der Waals surface area contributed by atoms with Crippen molar-refractivity contribution >= 4 is 28.7 Å². The van der Waals surface area contributed by atoms with Gasteiger partial charge in [-0.1, -0.05) is 25.1 Å². The first-order valence-corrected chi connectivity index (χ1v) is 7.85. The normalized spacial score (nSPS) is 12.3. The fourth-order valence-corrected chi connectivity index (χ4v) is 3.13. The lowest BCUT2D eigenvalue weighted by Gasteiger charge is -2.11. The zero-order valence-electron chi connectivity index (χ0n) is 12.2. The minimum Gasteiger partial charge on any atom is -0.494 e. The van der Waals surface area contributed by atoms with Crippen LogP contribution in [0, 0.1) is 0 Å². The highest BCUT2D eigenvalue weighted by atomic mass is 32.2. The molecule has 2 aromatic rings. The molecule has 6 nitrogen and oxygen atoms in total. The summed E-state index contributed by atoms with van der Waals surface area (Å²) in [4.78, 5) is 19.4. The van der Waals surface area contributed by atoms with Crippen molar-refractivity contribution < 1.29 is 9.53 Å². The van der Waals surface area contributed by atoms with Crippen molar-refractivity contribution in [2.24, 2.45) is 5.84 Å². The third-order valence-corrected chi connectivity index (χ3v) is 4.13. The van der Waals surface area contributed by atoms with E-state index in [0.717, 1.165) is 29.6 Å². The van der Waals surface area contributed by atoms with Gasteiger partial charge < -0.3 is 9.72 Å². The Morgan fingerprint density at radius 1 is 1.52 bits per heavy atom. The summed E-state index contributed by atoms with van der Waals surface area (Å²) in [5, 5.41) is 0.465. The number of imidazole rings is 1. The van der Waals surface area contributed by atoms with Crippen molar-refractivity contribution in [2.75, 3.05) is 6.61 Å². The predicted molar refractivity (Wildman–Crippen MR) is 84.1 cm³/mol. The van der Waals surface area contributed by atoms with Crippen molar-refractivity contribution in [2.45, 2.75) is 37.1 Å². The Hall–Kier alpha value is -1.73. The monoisotopic (exact) mass is 308 g/mol. The quantitative estimate of drug-likeness (QED) is 0.316. The highest BCUT2D eigenvalue weighted by Crippen LogP contribution is 2.27. The van der Waals surface area contributed by atoms with E-state index in [1.807, 2.05) is 32.0 Å². The van der Waals surface area contributed by atoms with Crippen molar-refractivity contribution in [3.8, 4) is 5.75 Å². The van der Waals surface area contributed by atoms with Crippen LogP contribution < -0.4 is 16.0 Å². The van der Waals surface area contributed by atoms with E-state index in [9.17, 15) is 4.79 Å². The van der Waals surface area contributed by atoms with E-state index >= 15 is 0 Å². The van der Waals surface area contributed by atoms with Gasteiger partial charge in [0.05, 0.1) is 22.9 Å². The number of hydrogen-bond acceptors (Lipinski definition) is 5. The van der Waals surface area contributed by atoms with Gasteiger partial charge in [-0.3, -0.25) is 10.2 Å². The Morgan fingerprint density at radius 2 is 2.33 bits per heavy atom. The Kier molecular flexibility index (Phi) is 5.46. The molecule has 0 aliphatic heterocycles. The summed E-state index contributed by atoms with van der Waals surface area (Å²) in [7, 11) is 0. The highest BCUT2D eigenvalue weighted by molar-refractivity contribution is 8.00. The number of hydrogen-bond donors (Lipinski definition) is 3. The zero-order chi connectivity index (χ0) is 15.2. The molecule has 0 bridgehead atoms. The molecule has 1 aromatic heterocycles. The fourth-order valence-electron chi connectivity index (χ4n) is 2.01. The molecular formula is C14H20N4O2S. The first-order valence-electron chi connectivity index (χ1n) is 6.97.